The standard InChI is InChI=1S/C17H19F3N2O4/c1-9(16(25)26)10(2)21-15(24)11-6-12(17(18,19)20)8-13(7-11)22-5-3-4-14(22)23/h6-10H,3-5H2,1-2H3,(H,21,24)(H,25,26). The van der Waals surface area contributed by atoms with Crippen LogP contribution in [0.5, 0.6) is 0 Å². The minimum Gasteiger partial charge on any atom is -0.481 e. The van der Waals surface area contributed by atoms with Crippen LogP contribution in [0.3, 0.4) is 0 Å². The topological polar surface area (TPSA) is 86.7 Å². The monoisotopic (exact) mass is 372 g/mol. The first kappa shape index (κ1) is 19.7. The molecule has 0 radical (unpaired) electrons. The van der Waals surface area contributed by atoms with Crippen LogP contribution in [0.2, 0.25) is 0 Å². The Morgan fingerprint density at radius 2 is 1.88 bits per heavy atom. The van der Waals surface area contributed by atoms with Gasteiger partial charge in [-0.25, -0.2) is 0 Å². The number of carboxylic acid groups (broad SMARTS) is 1. The zero-order chi connectivity index (χ0) is 19.6. The number of alkyl halides is 3. The maximum atomic E-state index is 13.2. The highest BCUT2D eigenvalue weighted by Gasteiger charge is 2.34. The Hall–Kier alpha value is -2.58. The van der Waals surface area contributed by atoms with Gasteiger partial charge in [0.25, 0.3) is 5.91 Å². The average molecular weight is 372 g/mol. The number of carbonyl (C=O) groups excluding carboxylic acids is 2. The van der Waals surface area contributed by atoms with Crippen molar-refractivity contribution in [3.8, 4) is 0 Å². The molecule has 0 aromatic heterocycles. The van der Waals surface area contributed by atoms with Gasteiger partial charge < -0.3 is 15.3 Å². The van der Waals surface area contributed by atoms with Gasteiger partial charge in [0, 0.05) is 30.3 Å². The van der Waals surface area contributed by atoms with Crippen LogP contribution in [-0.4, -0.2) is 35.5 Å². The van der Waals surface area contributed by atoms with E-state index in [-0.39, 0.29) is 30.1 Å². The van der Waals surface area contributed by atoms with Crippen molar-refractivity contribution >= 4 is 23.5 Å². The summed E-state index contributed by atoms with van der Waals surface area (Å²) < 4.78 is 39.5. The molecule has 2 rings (SSSR count). The minimum atomic E-state index is -4.69. The zero-order valence-corrected chi connectivity index (χ0v) is 14.3. The third-order valence-electron chi connectivity index (χ3n) is 4.39. The third-order valence-corrected chi connectivity index (χ3v) is 4.39. The predicted octanol–water partition coefficient (Wildman–Crippen LogP) is 2.67. The Morgan fingerprint density at radius 1 is 1.23 bits per heavy atom. The number of benzene rings is 1. The molecule has 0 spiro atoms. The first-order valence-corrected chi connectivity index (χ1v) is 8.07. The molecule has 1 fully saturated rings. The largest absolute Gasteiger partial charge is 0.481 e. The highest BCUT2D eigenvalue weighted by molar-refractivity contribution is 5.99. The Bertz CT molecular complexity index is 733. The summed E-state index contributed by atoms with van der Waals surface area (Å²) in [6.45, 7) is 3.12. The van der Waals surface area contributed by atoms with Gasteiger partial charge in [0.15, 0.2) is 0 Å². The first-order valence-electron chi connectivity index (χ1n) is 8.07. The van der Waals surface area contributed by atoms with E-state index in [2.05, 4.69) is 5.32 Å². The van der Waals surface area contributed by atoms with E-state index in [4.69, 9.17) is 5.11 Å². The molecule has 0 saturated carbocycles. The zero-order valence-electron chi connectivity index (χ0n) is 14.3. The molecule has 26 heavy (non-hydrogen) atoms. The minimum absolute atomic E-state index is 0.00594. The van der Waals surface area contributed by atoms with E-state index in [1.807, 2.05) is 0 Å². The van der Waals surface area contributed by atoms with Crippen molar-refractivity contribution in [3.63, 3.8) is 0 Å². The molecule has 2 unspecified atom stereocenters. The van der Waals surface area contributed by atoms with E-state index >= 15 is 0 Å². The van der Waals surface area contributed by atoms with Crippen molar-refractivity contribution in [1.82, 2.24) is 5.32 Å². The molecule has 1 saturated heterocycles. The summed E-state index contributed by atoms with van der Waals surface area (Å²) in [5, 5.41) is 11.4. The molecular formula is C17H19F3N2O4. The number of amides is 2. The summed E-state index contributed by atoms with van der Waals surface area (Å²) in [6, 6.07) is 1.96. The number of aliphatic carboxylic acids is 1. The van der Waals surface area contributed by atoms with E-state index in [9.17, 15) is 27.6 Å². The lowest BCUT2D eigenvalue weighted by molar-refractivity contribution is -0.142. The molecule has 0 aliphatic carbocycles. The van der Waals surface area contributed by atoms with Crippen LogP contribution in [0.15, 0.2) is 18.2 Å². The molecule has 1 aromatic rings. The fourth-order valence-electron chi connectivity index (χ4n) is 2.61. The number of halogens is 3. The third kappa shape index (κ3) is 4.33. The molecule has 6 nitrogen and oxygen atoms in total. The van der Waals surface area contributed by atoms with Gasteiger partial charge >= 0.3 is 12.1 Å². The average Bonchev–Trinajstić information content (AvgIpc) is 2.98. The SMILES string of the molecule is CC(NC(=O)c1cc(N2CCCC2=O)cc(C(F)(F)F)c1)C(C)C(=O)O. The van der Waals surface area contributed by atoms with Gasteiger partial charge in [-0.2, -0.15) is 13.2 Å². The lowest BCUT2D eigenvalue weighted by Gasteiger charge is -2.21. The number of hydrogen-bond acceptors (Lipinski definition) is 3. The van der Waals surface area contributed by atoms with Crippen LogP contribution < -0.4 is 10.2 Å². The quantitative estimate of drug-likeness (QED) is 0.832. The van der Waals surface area contributed by atoms with Crippen molar-refractivity contribution in [3.05, 3.63) is 29.3 Å². The van der Waals surface area contributed by atoms with Crippen LogP contribution in [0, 0.1) is 5.92 Å². The Labute approximate surface area is 148 Å². The molecule has 1 aliphatic rings. The number of carbonyl (C=O) groups is 3. The van der Waals surface area contributed by atoms with Gasteiger partial charge in [-0.1, -0.05) is 0 Å². The normalized spacial score (nSPS) is 17.1. The smallest absolute Gasteiger partial charge is 0.416 e. The van der Waals surface area contributed by atoms with Crippen molar-refractivity contribution in [2.75, 3.05) is 11.4 Å². The van der Waals surface area contributed by atoms with Crippen molar-refractivity contribution in [2.45, 2.75) is 38.9 Å². The van der Waals surface area contributed by atoms with Gasteiger partial charge in [-0.05, 0) is 38.5 Å². The van der Waals surface area contributed by atoms with Crippen LogP contribution in [-0.2, 0) is 15.8 Å². The molecular weight excluding hydrogens is 353 g/mol. The number of nitrogens with one attached hydrogen (secondary N) is 1. The second-order valence-electron chi connectivity index (χ2n) is 6.30. The van der Waals surface area contributed by atoms with Crippen molar-refractivity contribution in [2.24, 2.45) is 5.92 Å². The Morgan fingerprint density at radius 3 is 2.38 bits per heavy atom. The second kappa shape index (κ2) is 7.35. The fourth-order valence-corrected chi connectivity index (χ4v) is 2.61. The summed E-state index contributed by atoms with van der Waals surface area (Å²) in [5.74, 6) is -3.18. The van der Waals surface area contributed by atoms with Crippen molar-refractivity contribution in [1.29, 1.82) is 0 Å². The molecule has 1 aromatic carbocycles. The van der Waals surface area contributed by atoms with Gasteiger partial charge in [-0.3, -0.25) is 14.4 Å². The molecule has 2 amide bonds. The number of hydrogen-bond donors (Lipinski definition) is 2. The van der Waals surface area contributed by atoms with Crippen LogP contribution >= 0.6 is 0 Å². The maximum absolute atomic E-state index is 13.2. The number of anilines is 1. The van der Waals surface area contributed by atoms with E-state index < -0.39 is 35.6 Å². The molecule has 9 heteroatoms. The highest BCUT2D eigenvalue weighted by atomic mass is 19.4. The first-order chi connectivity index (χ1) is 12.0. The maximum Gasteiger partial charge on any atom is 0.416 e. The van der Waals surface area contributed by atoms with Crippen LogP contribution in [0.4, 0.5) is 18.9 Å². The Balaban J connectivity index is 2.36. The van der Waals surface area contributed by atoms with Gasteiger partial charge in [0.05, 0.1) is 11.5 Å². The lowest BCUT2D eigenvalue weighted by Crippen LogP contribution is -2.40. The van der Waals surface area contributed by atoms with Crippen LogP contribution in [0.1, 0.15) is 42.6 Å². The summed E-state index contributed by atoms with van der Waals surface area (Å²) in [5.41, 5.74) is -1.32. The van der Waals surface area contributed by atoms with Gasteiger partial charge in [-0.15, -0.1) is 0 Å². The van der Waals surface area contributed by atoms with Crippen LogP contribution in [0.25, 0.3) is 0 Å². The molecule has 0 bridgehead atoms. The number of rotatable bonds is 5. The predicted molar refractivity (Wildman–Crippen MR) is 86.8 cm³/mol. The molecule has 2 N–H and O–H groups in total. The van der Waals surface area contributed by atoms with E-state index in [1.165, 1.54) is 24.8 Å². The van der Waals surface area contributed by atoms with E-state index in [1.54, 1.807) is 0 Å². The molecule has 1 heterocycles. The van der Waals surface area contributed by atoms with Gasteiger partial charge in [0.1, 0.15) is 0 Å². The van der Waals surface area contributed by atoms with Gasteiger partial charge in [0.2, 0.25) is 5.91 Å². The molecule has 2 atom stereocenters. The Kier molecular flexibility index (Phi) is 5.58. The summed E-state index contributed by atoms with van der Waals surface area (Å²) in [7, 11) is 0. The molecule has 1 aliphatic heterocycles. The summed E-state index contributed by atoms with van der Waals surface area (Å²) in [4.78, 5) is 36.4. The highest BCUT2D eigenvalue weighted by Crippen LogP contribution is 2.34. The van der Waals surface area contributed by atoms with E-state index in [0.29, 0.717) is 12.5 Å². The number of nitrogens with zero attached hydrogens (tertiary/aromatic N) is 1. The van der Waals surface area contributed by atoms with E-state index in [0.717, 1.165) is 6.07 Å². The summed E-state index contributed by atoms with van der Waals surface area (Å²) >= 11 is 0. The lowest BCUT2D eigenvalue weighted by atomic mass is 10.0. The second-order valence-corrected chi connectivity index (χ2v) is 6.30. The van der Waals surface area contributed by atoms with Crippen molar-refractivity contribution < 1.29 is 32.7 Å². The fraction of sp³-hybridized carbons (Fsp3) is 0.471. The molecule has 142 valence electrons. The summed E-state index contributed by atoms with van der Waals surface area (Å²) in [6.07, 6.45) is -3.91. The number of carboxylic acids is 1.